The molecule has 96 valence electrons. The van der Waals surface area contributed by atoms with Gasteiger partial charge in [0.15, 0.2) is 0 Å². The Kier molecular flexibility index (Phi) is 3.82. The second-order valence-corrected chi connectivity index (χ2v) is 5.71. The average molecular weight is 332 g/mol. The van der Waals surface area contributed by atoms with E-state index in [1.54, 1.807) is 6.07 Å². The van der Waals surface area contributed by atoms with Gasteiger partial charge in [-0.2, -0.15) is 0 Å². The number of thioether (sulfide) groups is 1. The van der Waals surface area contributed by atoms with Crippen LogP contribution in [0.3, 0.4) is 0 Å². The highest BCUT2D eigenvalue weighted by Crippen LogP contribution is 2.28. The number of amides is 1. The number of carbonyl (C=O) groups excluding carboxylic acids is 1. The fourth-order valence-corrected chi connectivity index (χ4v) is 3.19. The Morgan fingerprint density at radius 3 is 2.83 bits per heavy atom. The first-order chi connectivity index (χ1) is 8.50. The predicted molar refractivity (Wildman–Crippen MR) is 70.7 cm³/mol. The van der Waals surface area contributed by atoms with Crippen molar-refractivity contribution in [2.75, 3.05) is 11.6 Å². The number of halogens is 1. The molecule has 5 nitrogen and oxygen atoms in total. The van der Waals surface area contributed by atoms with Gasteiger partial charge in [-0.1, -0.05) is 15.9 Å². The second-order valence-electron chi connectivity index (χ2n) is 3.79. The number of phenols is 1. The summed E-state index contributed by atoms with van der Waals surface area (Å²) in [6.45, 7) is 0. The number of benzene rings is 1. The molecule has 0 aliphatic carbocycles. The largest absolute Gasteiger partial charge is 0.507 e. The van der Waals surface area contributed by atoms with E-state index in [1.807, 2.05) is 0 Å². The van der Waals surface area contributed by atoms with E-state index in [2.05, 4.69) is 15.9 Å². The van der Waals surface area contributed by atoms with Crippen molar-refractivity contribution in [1.82, 2.24) is 4.90 Å². The topological polar surface area (TPSA) is 77.8 Å². The number of phenolic OH excluding ortho intramolecular Hbond substituents is 1. The number of rotatable bonds is 2. The molecule has 2 N–H and O–H groups in total. The molecule has 2 rings (SSSR count). The second kappa shape index (κ2) is 5.19. The number of carboxylic acid groups (broad SMARTS) is 1. The van der Waals surface area contributed by atoms with Crippen LogP contribution in [0.4, 0.5) is 0 Å². The van der Waals surface area contributed by atoms with Crippen molar-refractivity contribution in [3.8, 4) is 5.75 Å². The van der Waals surface area contributed by atoms with E-state index in [-0.39, 0.29) is 11.3 Å². The minimum absolute atomic E-state index is 0.109. The minimum atomic E-state index is -1.03. The molecule has 0 aromatic heterocycles. The van der Waals surface area contributed by atoms with Crippen LogP contribution in [0.5, 0.6) is 5.75 Å². The molecule has 1 unspecified atom stereocenters. The molecule has 1 fully saturated rings. The van der Waals surface area contributed by atoms with Crippen molar-refractivity contribution in [2.45, 2.75) is 6.04 Å². The summed E-state index contributed by atoms with van der Waals surface area (Å²) in [5, 5.41) is 18.7. The lowest BCUT2D eigenvalue weighted by atomic mass is 10.1. The Morgan fingerprint density at radius 2 is 2.17 bits per heavy atom. The van der Waals surface area contributed by atoms with Crippen molar-refractivity contribution in [2.24, 2.45) is 0 Å². The van der Waals surface area contributed by atoms with Gasteiger partial charge in [-0.3, -0.25) is 4.79 Å². The summed E-state index contributed by atoms with van der Waals surface area (Å²) in [4.78, 5) is 24.5. The lowest BCUT2D eigenvalue weighted by Gasteiger charge is -2.20. The van der Waals surface area contributed by atoms with E-state index in [1.165, 1.54) is 28.8 Å². The van der Waals surface area contributed by atoms with E-state index < -0.39 is 17.9 Å². The molecular formula is C11H10BrNO4S. The monoisotopic (exact) mass is 331 g/mol. The van der Waals surface area contributed by atoms with E-state index >= 15 is 0 Å². The van der Waals surface area contributed by atoms with Crippen LogP contribution in [0.2, 0.25) is 0 Å². The maximum Gasteiger partial charge on any atom is 0.327 e. The summed E-state index contributed by atoms with van der Waals surface area (Å²) in [7, 11) is 0. The highest BCUT2D eigenvalue weighted by molar-refractivity contribution is 9.10. The predicted octanol–water partition coefficient (Wildman–Crippen LogP) is 1.75. The third kappa shape index (κ3) is 2.46. The molecule has 0 saturated carbocycles. The fraction of sp³-hybridized carbons (Fsp3) is 0.273. The van der Waals surface area contributed by atoms with E-state index in [0.717, 1.165) is 0 Å². The molecule has 1 saturated heterocycles. The van der Waals surface area contributed by atoms with Crippen LogP contribution in [0.15, 0.2) is 22.7 Å². The van der Waals surface area contributed by atoms with Gasteiger partial charge in [-0.05, 0) is 18.2 Å². The third-order valence-electron chi connectivity index (χ3n) is 2.62. The first-order valence-electron chi connectivity index (χ1n) is 5.10. The summed E-state index contributed by atoms with van der Waals surface area (Å²) in [6, 6.07) is 3.66. The first kappa shape index (κ1) is 13.2. The molecule has 0 radical (unpaired) electrons. The summed E-state index contributed by atoms with van der Waals surface area (Å²) >= 11 is 4.60. The van der Waals surface area contributed by atoms with Crippen molar-refractivity contribution in [3.05, 3.63) is 28.2 Å². The molecule has 1 aliphatic rings. The Hall–Kier alpha value is -1.21. The average Bonchev–Trinajstić information content (AvgIpc) is 2.80. The van der Waals surface area contributed by atoms with Gasteiger partial charge in [0.1, 0.15) is 11.8 Å². The van der Waals surface area contributed by atoms with Crippen molar-refractivity contribution in [1.29, 1.82) is 0 Å². The van der Waals surface area contributed by atoms with Gasteiger partial charge in [-0.15, -0.1) is 11.8 Å². The molecule has 0 bridgehead atoms. The zero-order chi connectivity index (χ0) is 13.3. The van der Waals surface area contributed by atoms with Gasteiger partial charge in [0, 0.05) is 10.2 Å². The zero-order valence-corrected chi connectivity index (χ0v) is 11.6. The highest BCUT2D eigenvalue weighted by atomic mass is 79.9. The third-order valence-corrected chi connectivity index (χ3v) is 4.12. The molecular weight excluding hydrogens is 322 g/mol. The summed E-state index contributed by atoms with van der Waals surface area (Å²) in [5.74, 6) is -0.948. The summed E-state index contributed by atoms with van der Waals surface area (Å²) in [5.41, 5.74) is 0.109. The van der Waals surface area contributed by atoms with Gasteiger partial charge < -0.3 is 15.1 Å². The number of hydrogen-bond acceptors (Lipinski definition) is 4. The van der Waals surface area contributed by atoms with Gasteiger partial charge in [0.2, 0.25) is 0 Å². The van der Waals surface area contributed by atoms with Crippen LogP contribution in [0, 0.1) is 0 Å². The molecule has 0 spiro atoms. The maximum absolute atomic E-state index is 12.2. The standard InChI is InChI=1S/C11H10BrNO4S/c12-6-1-2-9(14)7(3-6)10(15)13-5-18-4-8(13)11(16)17/h1-3,8,14H,4-5H2,(H,16,17). The van der Waals surface area contributed by atoms with Crippen LogP contribution >= 0.6 is 27.7 Å². The number of aromatic hydroxyl groups is 1. The van der Waals surface area contributed by atoms with Crippen LogP contribution in [0.1, 0.15) is 10.4 Å². The van der Waals surface area contributed by atoms with Crippen LogP contribution in [-0.2, 0) is 4.79 Å². The van der Waals surface area contributed by atoms with E-state index in [4.69, 9.17) is 5.11 Å². The molecule has 18 heavy (non-hydrogen) atoms. The lowest BCUT2D eigenvalue weighted by Crippen LogP contribution is -2.41. The van der Waals surface area contributed by atoms with Gasteiger partial charge in [0.25, 0.3) is 5.91 Å². The van der Waals surface area contributed by atoms with Gasteiger partial charge >= 0.3 is 5.97 Å². The molecule has 1 aliphatic heterocycles. The summed E-state index contributed by atoms with van der Waals surface area (Å²) in [6.07, 6.45) is 0. The number of aliphatic carboxylic acids is 1. The van der Waals surface area contributed by atoms with Gasteiger partial charge in [0.05, 0.1) is 11.4 Å². The molecule has 1 amide bonds. The van der Waals surface area contributed by atoms with Gasteiger partial charge in [-0.25, -0.2) is 4.79 Å². The molecule has 1 aromatic rings. The number of carboxylic acids is 1. The molecule has 1 aromatic carbocycles. The Morgan fingerprint density at radius 1 is 1.44 bits per heavy atom. The maximum atomic E-state index is 12.2. The number of carbonyl (C=O) groups is 2. The quantitative estimate of drug-likeness (QED) is 0.863. The van der Waals surface area contributed by atoms with Crippen molar-refractivity contribution >= 4 is 39.6 Å². The van der Waals surface area contributed by atoms with Crippen LogP contribution in [-0.4, -0.2) is 44.7 Å². The number of hydrogen-bond donors (Lipinski definition) is 2. The summed E-state index contributed by atoms with van der Waals surface area (Å²) < 4.78 is 0.655. The minimum Gasteiger partial charge on any atom is -0.507 e. The number of nitrogens with zero attached hydrogens (tertiary/aromatic N) is 1. The fourth-order valence-electron chi connectivity index (χ4n) is 1.68. The highest BCUT2D eigenvalue weighted by Gasteiger charge is 2.35. The molecule has 7 heteroatoms. The SMILES string of the molecule is O=C(O)C1CSCN1C(=O)c1cc(Br)ccc1O. The lowest BCUT2D eigenvalue weighted by molar-refractivity contribution is -0.140. The zero-order valence-electron chi connectivity index (χ0n) is 9.17. The van der Waals surface area contributed by atoms with E-state index in [9.17, 15) is 14.7 Å². The Labute approximate surface area is 116 Å². The van der Waals surface area contributed by atoms with Crippen molar-refractivity contribution in [3.63, 3.8) is 0 Å². The Bertz CT molecular complexity index is 508. The van der Waals surface area contributed by atoms with Crippen molar-refractivity contribution < 1.29 is 19.8 Å². The normalized spacial score (nSPS) is 18.9. The van der Waals surface area contributed by atoms with Crippen LogP contribution in [0.25, 0.3) is 0 Å². The van der Waals surface area contributed by atoms with E-state index in [0.29, 0.717) is 16.1 Å². The molecule has 1 atom stereocenters. The first-order valence-corrected chi connectivity index (χ1v) is 7.05. The van der Waals surface area contributed by atoms with Crippen LogP contribution < -0.4 is 0 Å². The smallest absolute Gasteiger partial charge is 0.327 e. The molecule has 1 heterocycles. The Balaban J connectivity index is 2.31.